The molecule has 1 unspecified atom stereocenters. The topological polar surface area (TPSA) is 29.9 Å². The molecule has 0 fully saturated rings. The van der Waals surface area contributed by atoms with Gasteiger partial charge >= 0.3 is 0 Å². The lowest BCUT2D eigenvalue weighted by Gasteiger charge is -2.19. The second-order valence-electron chi connectivity index (χ2n) is 4.32. The van der Waals surface area contributed by atoms with Gasteiger partial charge in [-0.2, -0.15) is 16.9 Å². The summed E-state index contributed by atoms with van der Waals surface area (Å²) in [6.07, 6.45) is 3.00. The Balaban J connectivity index is 2.82. The molecule has 0 spiro atoms. The highest BCUT2D eigenvalue weighted by atomic mass is 79.9. The highest BCUT2D eigenvalue weighted by molar-refractivity contribution is 9.10. The first-order chi connectivity index (χ1) is 8.10. The van der Waals surface area contributed by atoms with Crippen molar-refractivity contribution in [3.63, 3.8) is 0 Å². The van der Waals surface area contributed by atoms with Crippen molar-refractivity contribution in [3.8, 4) is 0 Å². The van der Waals surface area contributed by atoms with E-state index in [4.69, 9.17) is 0 Å². The van der Waals surface area contributed by atoms with Crippen LogP contribution in [0.15, 0.2) is 10.7 Å². The number of rotatable bonds is 7. The van der Waals surface area contributed by atoms with Gasteiger partial charge in [-0.15, -0.1) is 0 Å². The summed E-state index contributed by atoms with van der Waals surface area (Å²) >= 11 is 5.58. The molecule has 0 saturated carbocycles. The summed E-state index contributed by atoms with van der Waals surface area (Å²) in [5.74, 6) is 1.07. The van der Waals surface area contributed by atoms with Crippen molar-refractivity contribution < 1.29 is 0 Å². The monoisotopic (exact) mass is 319 g/mol. The van der Waals surface area contributed by atoms with Crippen molar-refractivity contribution in [1.82, 2.24) is 15.1 Å². The number of aryl methyl sites for hydroxylation is 1. The van der Waals surface area contributed by atoms with E-state index in [0.717, 1.165) is 23.2 Å². The van der Waals surface area contributed by atoms with E-state index in [1.54, 1.807) is 0 Å². The fourth-order valence-electron chi connectivity index (χ4n) is 1.70. The third-order valence-electron chi connectivity index (χ3n) is 2.54. The van der Waals surface area contributed by atoms with Crippen molar-refractivity contribution in [3.05, 3.63) is 16.4 Å². The van der Waals surface area contributed by atoms with Crippen molar-refractivity contribution in [1.29, 1.82) is 0 Å². The van der Waals surface area contributed by atoms with Crippen LogP contribution in [0.25, 0.3) is 0 Å². The largest absolute Gasteiger partial charge is 0.311 e. The molecule has 0 radical (unpaired) electrons. The zero-order chi connectivity index (χ0) is 12.8. The Morgan fingerprint density at radius 2 is 2.24 bits per heavy atom. The van der Waals surface area contributed by atoms with Crippen molar-refractivity contribution in [2.24, 2.45) is 0 Å². The Hall–Kier alpha value is -0.0000000000000000763. The molecule has 0 bridgehead atoms. The highest BCUT2D eigenvalue weighted by Gasteiger charge is 2.18. The van der Waals surface area contributed by atoms with Crippen molar-refractivity contribution in [2.75, 3.05) is 12.8 Å². The molecule has 0 aliphatic carbocycles. The highest BCUT2D eigenvalue weighted by Crippen LogP contribution is 2.27. The first-order valence-electron chi connectivity index (χ1n) is 6.10. The van der Waals surface area contributed by atoms with Gasteiger partial charge in [-0.3, -0.25) is 4.68 Å². The number of aromatic nitrogens is 2. The van der Waals surface area contributed by atoms with Gasteiger partial charge in [-0.05, 0) is 34.6 Å². The molecule has 1 aromatic rings. The van der Waals surface area contributed by atoms with Crippen molar-refractivity contribution >= 4 is 27.7 Å². The predicted molar refractivity (Wildman–Crippen MR) is 79.6 cm³/mol. The van der Waals surface area contributed by atoms with Gasteiger partial charge in [0, 0.05) is 12.3 Å². The second kappa shape index (κ2) is 7.44. The number of nitrogens with one attached hydrogen (secondary N) is 1. The zero-order valence-corrected chi connectivity index (χ0v) is 13.4. The third-order valence-corrected chi connectivity index (χ3v) is 4.35. The summed E-state index contributed by atoms with van der Waals surface area (Å²) in [6, 6.07) is 0.353. The molecule has 3 nitrogen and oxygen atoms in total. The maximum atomic E-state index is 4.42. The molecule has 0 amide bonds. The summed E-state index contributed by atoms with van der Waals surface area (Å²) in [4.78, 5) is 0. The van der Waals surface area contributed by atoms with Gasteiger partial charge in [0.1, 0.15) is 0 Å². The average molecular weight is 320 g/mol. The van der Waals surface area contributed by atoms with Gasteiger partial charge < -0.3 is 5.32 Å². The van der Waals surface area contributed by atoms with E-state index < -0.39 is 0 Å². The SMILES string of the molecule is CCCn1ncc(Br)c1C(CSC(C)C)NC. The Morgan fingerprint density at radius 3 is 2.76 bits per heavy atom. The summed E-state index contributed by atoms with van der Waals surface area (Å²) < 4.78 is 3.21. The van der Waals surface area contributed by atoms with E-state index in [1.807, 2.05) is 25.0 Å². The lowest BCUT2D eigenvalue weighted by molar-refractivity contribution is 0.522. The van der Waals surface area contributed by atoms with E-state index >= 15 is 0 Å². The van der Waals surface area contributed by atoms with Gasteiger partial charge in [0.25, 0.3) is 0 Å². The number of hydrogen-bond donors (Lipinski definition) is 1. The minimum atomic E-state index is 0.353. The van der Waals surface area contributed by atoms with Crippen LogP contribution in [0, 0.1) is 0 Å². The van der Waals surface area contributed by atoms with Crippen LogP contribution >= 0.6 is 27.7 Å². The maximum Gasteiger partial charge on any atom is 0.0704 e. The molecular formula is C12H22BrN3S. The van der Waals surface area contributed by atoms with Crippen LogP contribution in [0.5, 0.6) is 0 Å². The zero-order valence-electron chi connectivity index (χ0n) is 11.0. The normalized spacial score (nSPS) is 13.3. The molecule has 0 aliphatic heterocycles. The Morgan fingerprint density at radius 1 is 1.53 bits per heavy atom. The Labute approximate surface area is 117 Å². The molecule has 5 heteroatoms. The summed E-state index contributed by atoms with van der Waals surface area (Å²) in [5.41, 5.74) is 1.27. The van der Waals surface area contributed by atoms with Gasteiger partial charge in [-0.25, -0.2) is 0 Å². The average Bonchev–Trinajstić information content (AvgIpc) is 2.63. The van der Waals surface area contributed by atoms with E-state index in [9.17, 15) is 0 Å². The summed E-state index contributed by atoms with van der Waals surface area (Å²) in [5, 5.41) is 8.47. The minimum absolute atomic E-state index is 0.353. The number of thioether (sulfide) groups is 1. The second-order valence-corrected chi connectivity index (χ2v) is 6.79. The standard InChI is InChI=1S/C12H22BrN3S/c1-5-6-16-12(10(13)7-15-16)11(14-4)8-17-9(2)3/h7,9,11,14H,5-6,8H2,1-4H3. The molecular weight excluding hydrogens is 298 g/mol. The molecule has 1 heterocycles. The number of halogens is 1. The van der Waals surface area contributed by atoms with Crippen LogP contribution < -0.4 is 5.32 Å². The maximum absolute atomic E-state index is 4.42. The van der Waals surface area contributed by atoms with E-state index in [-0.39, 0.29) is 0 Å². The molecule has 98 valence electrons. The van der Waals surface area contributed by atoms with Crippen molar-refractivity contribution in [2.45, 2.75) is 45.0 Å². The minimum Gasteiger partial charge on any atom is -0.311 e. The van der Waals surface area contributed by atoms with Crippen LogP contribution in [0.4, 0.5) is 0 Å². The Kier molecular flexibility index (Phi) is 6.59. The lowest BCUT2D eigenvalue weighted by Crippen LogP contribution is -2.23. The van der Waals surface area contributed by atoms with Crippen LogP contribution in [0.2, 0.25) is 0 Å². The molecule has 0 aromatic carbocycles. The van der Waals surface area contributed by atoms with Gasteiger partial charge in [0.15, 0.2) is 0 Å². The van der Waals surface area contributed by atoms with E-state index in [0.29, 0.717) is 11.3 Å². The van der Waals surface area contributed by atoms with Crippen LogP contribution in [0.3, 0.4) is 0 Å². The van der Waals surface area contributed by atoms with Crippen LogP contribution in [0.1, 0.15) is 38.9 Å². The molecule has 0 saturated heterocycles. The smallest absolute Gasteiger partial charge is 0.0704 e. The molecule has 0 aliphatic rings. The lowest BCUT2D eigenvalue weighted by atomic mass is 10.2. The predicted octanol–water partition coefficient (Wildman–Crippen LogP) is 3.46. The fourth-order valence-corrected chi connectivity index (χ4v) is 3.17. The number of hydrogen-bond acceptors (Lipinski definition) is 3. The fraction of sp³-hybridized carbons (Fsp3) is 0.750. The molecule has 1 N–H and O–H groups in total. The molecule has 1 aromatic heterocycles. The molecule has 1 rings (SSSR count). The third kappa shape index (κ3) is 4.30. The molecule has 17 heavy (non-hydrogen) atoms. The van der Waals surface area contributed by atoms with Crippen LogP contribution in [-0.4, -0.2) is 27.8 Å². The Bertz CT molecular complexity index is 338. The van der Waals surface area contributed by atoms with E-state index in [1.165, 1.54) is 5.69 Å². The molecule has 1 atom stereocenters. The van der Waals surface area contributed by atoms with Crippen LogP contribution in [-0.2, 0) is 6.54 Å². The summed E-state index contributed by atoms with van der Waals surface area (Å²) in [7, 11) is 2.02. The van der Waals surface area contributed by atoms with Gasteiger partial charge in [-0.1, -0.05) is 20.8 Å². The van der Waals surface area contributed by atoms with E-state index in [2.05, 4.69) is 51.8 Å². The summed E-state index contributed by atoms with van der Waals surface area (Å²) in [6.45, 7) is 7.62. The van der Waals surface area contributed by atoms with Gasteiger partial charge in [0.2, 0.25) is 0 Å². The quantitative estimate of drug-likeness (QED) is 0.834. The first kappa shape index (κ1) is 15.1. The number of nitrogens with zero attached hydrogens (tertiary/aromatic N) is 2. The van der Waals surface area contributed by atoms with Gasteiger partial charge in [0.05, 0.1) is 22.4 Å². The first-order valence-corrected chi connectivity index (χ1v) is 7.94.